The number of halogens is 4. The number of benzene rings is 1. The standard InChI is InChI=1S/C18H20BrF3N4O2/c19-13-2-3-15-14(10-13)17(28)26(12-23-15)7-4-16(27)25-6-1-5-24(8-9-25)11-18(20,21)22/h2-3,10,12H,1,4-9,11H2. The molecule has 152 valence electrons. The van der Waals surface area contributed by atoms with Gasteiger partial charge in [-0.25, -0.2) is 4.98 Å². The van der Waals surface area contributed by atoms with E-state index >= 15 is 0 Å². The number of carbonyl (C=O) groups excluding carboxylic acids is 1. The summed E-state index contributed by atoms with van der Waals surface area (Å²) in [5.74, 6) is -0.171. The normalized spacial score (nSPS) is 16.4. The van der Waals surface area contributed by atoms with E-state index in [2.05, 4.69) is 20.9 Å². The van der Waals surface area contributed by atoms with Gasteiger partial charge in [-0.3, -0.25) is 19.1 Å². The molecule has 0 N–H and O–H groups in total. The summed E-state index contributed by atoms with van der Waals surface area (Å²) in [7, 11) is 0. The molecule has 0 atom stereocenters. The zero-order chi connectivity index (χ0) is 20.3. The van der Waals surface area contributed by atoms with Crippen LogP contribution in [0.1, 0.15) is 12.8 Å². The van der Waals surface area contributed by atoms with Crippen molar-refractivity contribution in [2.75, 3.05) is 32.7 Å². The summed E-state index contributed by atoms with van der Waals surface area (Å²) in [5.41, 5.74) is 0.347. The highest BCUT2D eigenvalue weighted by atomic mass is 79.9. The molecule has 0 radical (unpaired) electrons. The van der Waals surface area contributed by atoms with Gasteiger partial charge in [-0.1, -0.05) is 15.9 Å². The number of hydrogen-bond acceptors (Lipinski definition) is 4. The smallest absolute Gasteiger partial charge is 0.341 e. The zero-order valence-corrected chi connectivity index (χ0v) is 16.7. The molecule has 10 heteroatoms. The Morgan fingerprint density at radius 3 is 2.71 bits per heavy atom. The summed E-state index contributed by atoms with van der Waals surface area (Å²) in [4.78, 5) is 32.2. The van der Waals surface area contributed by atoms with E-state index in [0.29, 0.717) is 30.4 Å². The first kappa shape index (κ1) is 20.8. The summed E-state index contributed by atoms with van der Waals surface area (Å²) in [6, 6.07) is 5.22. The minimum atomic E-state index is -4.24. The second-order valence-electron chi connectivity index (χ2n) is 6.78. The molecule has 1 aliphatic rings. The zero-order valence-electron chi connectivity index (χ0n) is 15.1. The van der Waals surface area contributed by atoms with Crippen LogP contribution in [-0.2, 0) is 11.3 Å². The van der Waals surface area contributed by atoms with Crippen molar-refractivity contribution >= 4 is 32.7 Å². The highest BCUT2D eigenvalue weighted by molar-refractivity contribution is 9.10. The van der Waals surface area contributed by atoms with Crippen LogP contribution in [0.2, 0.25) is 0 Å². The maximum Gasteiger partial charge on any atom is 0.401 e. The predicted octanol–water partition coefficient (Wildman–Crippen LogP) is 2.65. The number of alkyl halides is 3. The van der Waals surface area contributed by atoms with Crippen molar-refractivity contribution in [1.82, 2.24) is 19.4 Å². The highest BCUT2D eigenvalue weighted by Crippen LogP contribution is 2.18. The Kier molecular flexibility index (Phi) is 6.39. The van der Waals surface area contributed by atoms with Crippen LogP contribution in [0.15, 0.2) is 33.8 Å². The number of fused-ring (bicyclic) bond motifs is 1. The fourth-order valence-electron chi connectivity index (χ4n) is 3.30. The number of aryl methyl sites for hydroxylation is 1. The number of hydrogen-bond donors (Lipinski definition) is 0. The summed E-state index contributed by atoms with van der Waals surface area (Å²) in [5, 5.41) is 0.460. The maximum atomic E-state index is 12.6. The molecule has 0 saturated carbocycles. The van der Waals surface area contributed by atoms with Crippen molar-refractivity contribution in [3.63, 3.8) is 0 Å². The van der Waals surface area contributed by atoms with Gasteiger partial charge in [0.2, 0.25) is 5.91 Å². The Labute approximate surface area is 168 Å². The van der Waals surface area contributed by atoms with Crippen LogP contribution < -0.4 is 5.56 Å². The first-order valence-electron chi connectivity index (χ1n) is 8.94. The first-order chi connectivity index (χ1) is 13.2. The van der Waals surface area contributed by atoms with Gasteiger partial charge in [-0.15, -0.1) is 0 Å². The molecule has 1 aromatic carbocycles. The summed E-state index contributed by atoms with van der Waals surface area (Å²) < 4.78 is 39.8. The van der Waals surface area contributed by atoms with Gasteiger partial charge in [0.05, 0.1) is 23.8 Å². The molecule has 28 heavy (non-hydrogen) atoms. The van der Waals surface area contributed by atoms with E-state index in [1.807, 2.05) is 0 Å². The first-order valence-corrected chi connectivity index (χ1v) is 9.74. The monoisotopic (exact) mass is 460 g/mol. The Morgan fingerprint density at radius 1 is 1.18 bits per heavy atom. The molecule has 1 amide bonds. The second-order valence-corrected chi connectivity index (χ2v) is 7.70. The van der Waals surface area contributed by atoms with Crippen LogP contribution in [0.5, 0.6) is 0 Å². The van der Waals surface area contributed by atoms with Crippen molar-refractivity contribution in [3.8, 4) is 0 Å². The Balaban J connectivity index is 1.60. The van der Waals surface area contributed by atoms with E-state index < -0.39 is 12.7 Å². The largest absolute Gasteiger partial charge is 0.401 e. The lowest BCUT2D eigenvalue weighted by Gasteiger charge is -2.23. The third-order valence-electron chi connectivity index (χ3n) is 4.70. The summed E-state index contributed by atoms with van der Waals surface area (Å²) in [6.07, 6.45) is -2.23. The number of rotatable bonds is 4. The summed E-state index contributed by atoms with van der Waals surface area (Å²) in [6.45, 7) is 0.402. The third-order valence-corrected chi connectivity index (χ3v) is 5.19. The van der Waals surface area contributed by atoms with Gasteiger partial charge in [0.25, 0.3) is 5.56 Å². The van der Waals surface area contributed by atoms with Gasteiger partial charge < -0.3 is 4.90 Å². The maximum absolute atomic E-state index is 12.6. The molecule has 3 rings (SSSR count). The van der Waals surface area contributed by atoms with Crippen LogP contribution >= 0.6 is 15.9 Å². The molecule has 1 aliphatic heterocycles. The van der Waals surface area contributed by atoms with E-state index in [9.17, 15) is 22.8 Å². The average molecular weight is 461 g/mol. The van der Waals surface area contributed by atoms with Crippen LogP contribution in [0.4, 0.5) is 13.2 Å². The van der Waals surface area contributed by atoms with Crippen LogP contribution in [0.25, 0.3) is 10.9 Å². The third kappa shape index (κ3) is 5.32. The molecule has 0 spiro atoms. The number of nitrogens with zero attached hydrogens (tertiary/aromatic N) is 4. The topological polar surface area (TPSA) is 58.4 Å². The Bertz CT molecular complexity index is 916. The average Bonchev–Trinajstić information content (AvgIpc) is 2.85. The minimum absolute atomic E-state index is 0.0976. The number of carbonyl (C=O) groups is 1. The fraction of sp³-hybridized carbons (Fsp3) is 0.500. The van der Waals surface area contributed by atoms with Gasteiger partial charge in [0.1, 0.15) is 0 Å². The SMILES string of the molecule is O=C(CCn1cnc2ccc(Br)cc2c1=O)N1CCCN(CC(F)(F)F)CC1. The van der Waals surface area contributed by atoms with Crippen molar-refractivity contribution in [1.29, 1.82) is 0 Å². The lowest BCUT2D eigenvalue weighted by molar-refractivity contribution is -0.145. The van der Waals surface area contributed by atoms with Crippen LogP contribution in [-0.4, -0.2) is 64.2 Å². The van der Waals surface area contributed by atoms with Gasteiger partial charge >= 0.3 is 6.18 Å². The van der Waals surface area contributed by atoms with E-state index in [0.717, 1.165) is 4.47 Å². The molecule has 0 bridgehead atoms. The van der Waals surface area contributed by atoms with Crippen molar-refractivity contribution in [3.05, 3.63) is 39.4 Å². The molecular formula is C18H20BrF3N4O2. The van der Waals surface area contributed by atoms with E-state index in [4.69, 9.17) is 0 Å². The molecule has 1 fully saturated rings. The van der Waals surface area contributed by atoms with Crippen molar-refractivity contribution in [2.45, 2.75) is 25.6 Å². The van der Waals surface area contributed by atoms with Gasteiger partial charge in [-0.05, 0) is 24.6 Å². The molecule has 6 nitrogen and oxygen atoms in total. The molecular weight excluding hydrogens is 441 g/mol. The molecule has 1 saturated heterocycles. The summed E-state index contributed by atoms with van der Waals surface area (Å²) >= 11 is 3.32. The fourth-order valence-corrected chi connectivity index (χ4v) is 3.66. The van der Waals surface area contributed by atoms with Gasteiger partial charge in [-0.2, -0.15) is 13.2 Å². The second kappa shape index (κ2) is 8.60. The molecule has 2 heterocycles. The quantitative estimate of drug-likeness (QED) is 0.703. The molecule has 0 unspecified atom stereocenters. The Morgan fingerprint density at radius 2 is 1.96 bits per heavy atom. The lowest BCUT2D eigenvalue weighted by Crippen LogP contribution is -2.39. The number of amides is 1. The lowest BCUT2D eigenvalue weighted by atomic mass is 10.2. The van der Waals surface area contributed by atoms with Gasteiger partial charge in [0.15, 0.2) is 0 Å². The van der Waals surface area contributed by atoms with Gasteiger partial charge in [0, 0.05) is 43.6 Å². The van der Waals surface area contributed by atoms with E-state index in [-0.39, 0.29) is 37.5 Å². The van der Waals surface area contributed by atoms with E-state index in [1.54, 1.807) is 23.1 Å². The molecule has 2 aromatic rings. The highest BCUT2D eigenvalue weighted by Gasteiger charge is 2.31. The van der Waals surface area contributed by atoms with E-state index in [1.165, 1.54) is 15.8 Å². The van der Waals surface area contributed by atoms with Crippen molar-refractivity contribution in [2.24, 2.45) is 0 Å². The molecule has 1 aromatic heterocycles. The Hall–Kier alpha value is -1.94. The van der Waals surface area contributed by atoms with Crippen molar-refractivity contribution < 1.29 is 18.0 Å². The predicted molar refractivity (Wildman–Crippen MR) is 102 cm³/mol. The van der Waals surface area contributed by atoms with Crippen LogP contribution in [0.3, 0.4) is 0 Å². The van der Waals surface area contributed by atoms with Crippen LogP contribution in [0, 0.1) is 0 Å². The number of aromatic nitrogens is 2. The minimum Gasteiger partial charge on any atom is -0.341 e. The molecule has 0 aliphatic carbocycles.